The molecule has 2 heteroatoms. The van der Waals surface area contributed by atoms with Crippen LogP contribution in [-0.2, 0) is 25.7 Å². The Bertz CT molecular complexity index is 1290. The van der Waals surface area contributed by atoms with E-state index in [1.54, 1.807) is 0 Å². The Labute approximate surface area is 211 Å². The minimum atomic E-state index is 0.373. The van der Waals surface area contributed by atoms with Crippen LogP contribution in [0.25, 0.3) is 22.0 Å². The number of fused-ring (bicyclic) bond motifs is 2. The molecule has 0 bridgehead atoms. The number of pyridine rings is 1. The average molecular weight is 463 g/mol. The molecule has 1 aromatic heterocycles. The van der Waals surface area contributed by atoms with Crippen molar-refractivity contribution in [2.45, 2.75) is 72.3 Å². The van der Waals surface area contributed by atoms with Crippen LogP contribution in [0.5, 0.6) is 0 Å². The molecule has 1 aliphatic rings. The van der Waals surface area contributed by atoms with E-state index in [1.165, 1.54) is 68.5 Å². The lowest BCUT2D eigenvalue weighted by atomic mass is 9.84. The van der Waals surface area contributed by atoms with E-state index in [9.17, 15) is 0 Å². The minimum absolute atomic E-state index is 0.373. The Balaban J connectivity index is 1.66. The van der Waals surface area contributed by atoms with Crippen LogP contribution in [0.2, 0.25) is 0 Å². The maximum absolute atomic E-state index is 5.41. The molecule has 5 rings (SSSR count). The van der Waals surface area contributed by atoms with Crippen molar-refractivity contribution in [3.63, 3.8) is 0 Å². The zero-order valence-electron chi connectivity index (χ0n) is 21.8. The van der Waals surface area contributed by atoms with Crippen molar-refractivity contribution in [3.8, 4) is 11.3 Å². The van der Waals surface area contributed by atoms with E-state index in [0.717, 1.165) is 32.2 Å². The average Bonchev–Trinajstić information content (AvgIpc) is 2.92. The van der Waals surface area contributed by atoms with Crippen LogP contribution in [0, 0.1) is 0 Å². The number of benzene rings is 3. The smallest absolute Gasteiger partial charge is 0.0713 e. The molecule has 1 unspecified atom stereocenters. The molecular weight excluding hydrogens is 424 g/mol. The van der Waals surface area contributed by atoms with E-state index in [2.05, 4.69) is 99.3 Å². The highest BCUT2D eigenvalue weighted by Gasteiger charge is 2.30. The maximum atomic E-state index is 5.41. The van der Waals surface area contributed by atoms with Gasteiger partial charge in [0.15, 0.2) is 0 Å². The van der Waals surface area contributed by atoms with E-state index in [0.29, 0.717) is 6.04 Å². The highest BCUT2D eigenvalue weighted by molar-refractivity contribution is 5.94. The van der Waals surface area contributed by atoms with Crippen molar-refractivity contribution in [2.24, 2.45) is 0 Å². The molecule has 1 aliphatic carbocycles. The molecule has 1 atom stereocenters. The summed E-state index contributed by atoms with van der Waals surface area (Å²) < 4.78 is 0. The standard InChI is InChI=1S/C33H38N2/c1-5-23-15-11-16-24(6-2)32(23)29-22-25(7-3)33-28(34-29)19-13-21-31(33)35(8-4)30-20-12-17-26-14-9-10-18-27(26)30/h9-12,14-18,20,22,31H,5-8,13,19,21H2,1-4H3. The second-order valence-corrected chi connectivity index (χ2v) is 9.73. The molecule has 2 nitrogen and oxygen atoms in total. The van der Waals surface area contributed by atoms with Gasteiger partial charge in [0.1, 0.15) is 0 Å². The lowest BCUT2D eigenvalue weighted by Gasteiger charge is -2.38. The summed E-state index contributed by atoms with van der Waals surface area (Å²) in [4.78, 5) is 8.04. The number of nitrogens with zero attached hydrogens (tertiary/aromatic N) is 2. The van der Waals surface area contributed by atoms with Gasteiger partial charge in [0, 0.05) is 28.9 Å². The lowest BCUT2D eigenvalue weighted by Crippen LogP contribution is -2.32. The Hall–Kier alpha value is -3.13. The van der Waals surface area contributed by atoms with E-state index in [-0.39, 0.29) is 0 Å². The van der Waals surface area contributed by atoms with Crippen molar-refractivity contribution in [2.75, 3.05) is 11.4 Å². The maximum Gasteiger partial charge on any atom is 0.0713 e. The molecule has 0 saturated heterocycles. The zero-order chi connectivity index (χ0) is 24.4. The second-order valence-electron chi connectivity index (χ2n) is 9.73. The summed E-state index contributed by atoms with van der Waals surface area (Å²) in [5.74, 6) is 0. The van der Waals surface area contributed by atoms with Crippen molar-refractivity contribution in [3.05, 3.63) is 94.7 Å². The van der Waals surface area contributed by atoms with Gasteiger partial charge in [0.05, 0.1) is 11.7 Å². The molecule has 35 heavy (non-hydrogen) atoms. The molecular formula is C33H38N2. The van der Waals surface area contributed by atoms with Gasteiger partial charge in [-0.1, -0.05) is 75.4 Å². The predicted molar refractivity (Wildman–Crippen MR) is 150 cm³/mol. The fourth-order valence-electron chi connectivity index (χ4n) is 6.19. The number of hydrogen-bond acceptors (Lipinski definition) is 2. The van der Waals surface area contributed by atoms with Crippen LogP contribution >= 0.6 is 0 Å². The first kappa shape index (κ1) is 23.6. The second kappa shape index (κ2) is 10.2. The largest absolute Gasteiger partial charge is 0.364 e. The Kier molecular flexibility index (Phi) is 6.90. The third-order valence-corrected chi connectivity index (χ3v) is 7.88. The van der Waals surface area contributed by atoms with Crippen LogP contribution in [0.15, 0.2) is 66.7 Å². The summed E-state index contributed by atoms with van der Waals surface area (Å²) in [6, 6.07) is 25.1. The molecule has 0 saturated carbocycles. The molecule has 0 amide bonds. The van der Waals surface area contributed by atoms with Crippen LogP contribution in [0.1, 0.15) is 74.5 Å². The van der Waals surface area contributed by atoms with Gasteiger partial charge >= 0.3 is 0 Å². The summed E-state index contributed by atoms with van der Waals surface area (Å²) >= 11 is 0. The van der Waals surface area contributed by atoms with Gasteiger partial charge in [-0.2, -0.15) is 0 Å². The van der Waals surface area contributed by atoms with Gasteiger partial charge in [-0.3, -0.25) is 4.98 Å². The molecule has 0 fully saturated rings. The van der Waals surface area contributed by atoms with Gasteiger partial charge in [0.25, 0.3) is 0 Å². The van der Waals surface area contributed by atoms with E-state index >= 15 is 0 Å². The van der Waals surface area contributed by atoms with Gasteiger partial charge in [-0.25, -0.2) is 0 Å². The first-order valence-corrected chi connectivity index (χ1v) is 13.6. The molecule has 0 radical (unpaired) electrons. The zero-order valence-corrected chi connectivity index (χ0v) is 21.8. The Morgan fingerprint density at radius 2 is 1.49 bits per heavy atom. The third kappa shape index (κ3) is 4.24. The molecule has 1 heterocycles. The van der Waals surface area contributed by atoms with Crippen LogP contribution in [0.4, 0.5) is 5.69 Å². The quantitative estimate of drug-likeness (QED) is 0.274. The molecule has 0 N–H and O–H groups in total. The Morgan fingerprint density at radius 3 is 2.20 bits per heavy atom. The first-order valence-electron chi connectivity index (χ1n) is 13.6. The summed E-state index contributed by atoms with van der Waals surface area (Å²) in [5.41, 5.74) is 11.0. The highest BCUT2D eigenvalue weighted by Crippen LogP contribution is 2.42. The highest BCUT2D eigenvalue weighted by atomic mass is 15.2. The van der Waals surface area contributed by atoms with Gasteiger partial charge in [-0.15, -0.1) is 0 Å². The number of rotatable bonds is 7. The van der Waals surface area contributed by atoms with Crippen LogP contribution in [-0.4, -0.2) is 11.5 Å². The van der Waals surface area contributed by atoms with Crippen LogP contribution < -0.4 is 4.90 Å². The van der Waals surface area contributed by atoms with Crippen molar-refractivity contribution < 1.29 is 0 Å². The minimum Gasteiger partial charge on any atom is -0.364 e. The fraction of sp³-hybridized carbons (Fsp3) is 0.364. The van der Waals surface area contributed by atoms with Crippen molar-refractivity contribution >= 4 is 16.5 Å². The SMILES string of the molecule is CCc1cccc(CC)c1-c1cc(CC)c2c(n1)CCCC2N(CC)c1cccc2ccccc12. The Morgan fingerprint density at radius 1 is 0.800 bits per heavy atom. The number of aryl methyl sites for hydroxylation is 4. The van der Waals surface area contributed by atoms with Gasteiger partial charge in [-0.05, 0) is 85.2 Å². The van der Waals surface area contributed by atoms with E-state index in [4.69, 9.17) is 4.98 Å². The summed E-state index contributed by atoms with van der Waals surface area (Å²) in [6.45, 7) is 10.1. The topological polar surface area (TPSA) is 16.1 Å². The number of hydrogen-bond donors (Lipinski definition) is 0. The first-order chi connectivity index (χ1) is 17.2. The molecule has 180 valence electrons. The number of anilines is 1. The molecule has 4 aromatic rings. The van der Waals surface area contributed by atoms with Gasteiger partial charge in [0.2, 0.25) is 0 Å². The van der Waals surface area contributed by atoms with Crippen LogP contribution in [0.3, 0.4) is 0 Å². The third-order valence-electron chi connectivity index (χ3n) is 7.88. The molecule has 0 spiro atoms. The summed E-state index contributed by atoms with van der Waals surface area (Å²) in [5, 5.41) is 2.66. The predicted octanol–water partition coefficient (Wildman–Crippen LogP) is 8.49. The summed E-state index contributed by atoms with van der Waals surface area (Å²) in [6.07, 6.45) is 6.57. The van der Waals surface area contributed by atoms with E-state index < -0.39 is 0 Å². The van der Waals surface area contributed by atoms with Gasteiger partial charge < -0.3 is 4.90 Å². The summed E-state index contributed by atoms with van der Waals surface area (Å²) in [7, 11) is 0. The fourth-order valence-corrected chi connectivity index (χ4v) is 6.19. The van der Waals surface area contributed by atoms with E-state index in [1.807, 2.05) is 0 Å². The normalized spacial score (nSPS) is 15.3. The molecule has 0 aliphatic heterocycles. The lowest BCUT2D eigenvalue weighted by molar-refractivity contribution is 0.516. The number of aromatic nitrogens is 1. The molecule has 3 aromatic carbocycles. The van der Waals surface area contributed by atoms with Crippen molar-refractivity contribution in [1.29, 1.82) is 0 Å². The monoisotopic (exact) mass is 462 g/mol. The van der Waals surface area contributed by atoms with Crippen molar-refractivity contribution in [1.82, 2.24) is 4.98 Å².